The normalized spacial score (nSPS) is 23.6. The van der Waals surface area contributed by atoms with Crippen LogP contribution in [-0.4, -0.2) is 15.9 Å². The largest absolute Gasteiger partial charge is 0.325 e. The third kappa shape index (κ3) is 2.22. The van der Waals surface area contributed by atoms with Gasteiger partial charge in [0.25, 0.3) is 0 Å². The Bertz CT molecular complexity index is 1110. The molecule has 1 aromatic carbocycles. The van der Waals surface area contributed by atoms with Crippen LogP contribution < -0.4 is 5.32 Å². The molecule has 6 nitrogen and oxygen atoms in total. The van der Waals surface area contributed by atoms with Crippen LogP contribution in [0.15, 0.2) is 18.2 Å². The molecule has 0 spiro atoms. The number of rotatable bonds is 2. The molecule has 1 aromatic heterocycles. The summed E-state index contributed by atoms with van der Waals surface area (Å²) >= 11 is 6.03. The van der Waals surface area contributed by atoms with E-state index < -0.39 is 10.8 Å². The molecule has 2 aliphatic carbocycles. The summed E-state index contributed by atoms with van der Waals surface area (Å²) in [4.78, 5) is 22.5. The number of nitrogens with one attached hydrogen (secondary N) is 1. The Kier molecular flexibility index (Phi) is 3.96. The lowest BCUT2D eigenvalue weighted by Gasteiger charge is -2.36. The zero-order chi connectivity index (χ0) is 20.3. The van der Waals surface area contributed by atoms with Crippen LogP contribution in [0.5, 0.6) is 0 Å². The molecular formula is C21H18ClN5O. The maximum Gasteiger partial charge on any atom is 0.237 e. The number of fused-ring (bicyclic) bond motifs is 5. The van der Waals surface area contributed by atoms with E-state index in [2.05, 4.69) is 15.3 Å². The number of nitrogens with zero attached hydrogens (tertiary/aromatic N) is 4. The molecule has 1 N–H and O–H groups in total. The van der Waals surface area contributed by atoms with E-state index in [-0.39, 0.29) is 23.2 Å². The second-order valence-electron chi connectivity index (χ2n) is 8.01. The molecule has 1 heterocycles. The molecule has 140 valence electrons. The predicted molar refractivity (Wildman–Crippen MR) is 104 cm³/mol. The van der Waals surface area contributed by atoms with E-state index in [1.165, 1.54) is 0 Å². The highest BCUT2D eigenvalue weighted by Crippen LogP contribution is 2.67. The average Bonchev–Trinajstić information content (AvgIpc) is 3.04. The van der Waals surface area contributed by atoms with Gasteiger partial charge < -0.3 is 5.32 Å². The fraction of sp³-hybridized carbons (Fsp3) is 0.381. The van der Waals surface area contributed by atoms with Crippen LogP contribution in [0, 0.1) is 35.0 Å². The van der Waals surface area contributed by atoms with E-state index in [0.29, 0.717) is 28.5 Å². The van der Waals surface area contributed by atoms with Crippen LogP contribution in [-0.2, 0) is 10.2 Å². The third-order valence-electron chi connectivity index (χ3n) is 6.47. The first-order valence-electron chi connectivity index (χ1n) is 9.06. The number of carbonyl (C=O) groups excluding carboxylic acids is 1. The minimum absolute atomic E-state index is 0.0203. The smallest absolute Gasteiger partial charge is 0.237 e. The number of amides is 1. The minimum Gasteiger partial charge on any atom is -0.325 e. The molecule has 2 bridgehead atoms. The number of aromatic nitrogens is 2. The van der Waals surface area contributed by atoms with Crippen LogP contribution >= 0.6 is 11.6 Å². The van der Waals surface area contributed by atoms with Gasteiger partial charge in [-0.05, 0) is 48.9 Å². The van der Waals surface area contributed by atoms with Gasteiger partial charge in [0.2, 0.25) is 5.91 Å². The van der Waals surface area contributed by atoms with Crippen molar-refractivity contribution in [3.8, 4) is 12.1 Å². The SMILES string of the molecule is Cc1cc(Cl)ccc1NC(=O)C12CCC(c3nc(C#N)c(C#N)nc31)C2(C)C. The maximum atomic E-state index is 13.6. The molecule has 1 amide bonds. The average molecular weight is 392 g/mol. The fourth-order valence-corrected chi connectivity index (χ4v) is 5.14. The molecule has 2 atom stereocenters. The van der Waals surface area contributed by atoms with Gasteiger partial charge in [-0.3, -0.25) is 4.79 Å². The Morgan fingerprint density at radius 2 is 1.93 bits per heavy atom. The summed E-state index contributed by atoms with van der Waals surface area (Å²) in [5.74, 6) is -0.140. The van der Waals surface area contributed by atoms with Crippen LogP contribution in [0.1, 0.15) is 60.9 Å². The second kappa shape index (κ2) is 6.02. The van der Waals surface area contributed by atoms with Gasteiger partial charge in [0.05, 0.1) is 16.8 Å². The van der Waals surface area contributed by atoms with E-state index in [1.807, 2.05) is 32.9 Å². The molecule has 1 saturated carbocycles. The van der Waals surface area contributed by atoms with Crippen LogP contribution in [0.2, 0.25) is 5.02 Å². The summed E-state index contributed by atoms with van der Waals surface area (Å²) in [6.07, 6.45) is 1.42. The third-order valence-corrected chi connectivity index (χ3v) is 6.71. The Balaban J connectivity index is 1.85. The van der Waals surface area contributed by atoms with Gasteiger partial charge in [0.1, 0.15) is 12.1 Å². The fourth-order valence-electron chi connectivity index (χ4n) is 4.91. The molecule has 0 radical (unpaired) electrons. The summed E-state index contributed by atoms with van der Waals surface area (Å²) in [7, 11) is 0. The molecule has 2 unspecified atom stereocenters. The van der Waals surface area contributed by atoms with Gasteiger partial charge in [0.15, 0.2) is 11.4 Å². The van der Waals surface area contributed by atoms with E-state index >= 15 is 0 Å². The van der Waals surface area contributed by atoms with Crippen molar-refractivity contribution in [2.24, 2.45) is 5.41 Å². The lowest BCUT2D eigenvalue weighted by Crippen LogP contribution is -2.47. The second-order valence-corrected chi connectivity index (χ2v) is 8.45. The zero-order valence-electron chi connectivity index (χ0n) is 15.8. The molecule has 0 saturated heterocycles. The molecule has 0 aliphatic heterocycles. The van der Waals surface area contributed by atoms with Gasteiger partial charge in [-0.15, -0.1) is 0 Å². The van der Waals surface area contributed by atoms with Crippen molar-refractivity contribution in [1.29, 1.82) is 10.5 Å². The number of hydrogen-bond donors (Lipinski definition) is 1. The monoisotopic (exact) mass is 391 g/mol. The number of carbonyl (C=O) groups is 1. The summed E-state index contributed by atoms with van der Waals surface area (Å²) in [5.41, 5.74) is 1.44. The number of anilines is 1. The highest BCUT2D eigenvalue weighted by Gasteiger charge is 2.68. The van der Waals surface area contributed by atoms with Crippen LogP contribution in [0.3, 0.4) is 0 Å². The van der Waals surface area contributed by atoms with Crippen LogP contribution in [0.25, 0.3) is 0 Å². The summed E-state index contributed by atoms with van der Waals surface area (Å²) in [5, 5.41) is 22.3. The van der Waals surface area contributed by atoms with Crippen molar-refractivity contribution >= 4 is 23.2 Å². The predicted octanol–water partition coefficient (Wildman–Crippen LogP) is 3.98. The molecular weight excluding hydrogens is 374 g/mol. The van der Waals surface area contributed by atoms with Crippen molar-refractivity contribution in [1.82, 2.24) is 9.97 Å². The molecule has 2 aliphatic rings. The first kappa shape index (κ1) is 18.4. The molecule has 28 heavy (non-hydrogen) atoms. The summed E-state index contributed by atoms with van der Waals surface area (Å²) < 4.78 is 0. The minimum atomic E-state index is -0.897. The molecule has 4 rings (SSSR count). The Labute approximate surface area is 168 Å². The van der Waals surface area contributed by atoms with Gasteiger partial charge in [0, 0.05) is 16.6 Å². The first-order chi connectivity index (χ1) is 13.3. The number of nitriles is 2. The maximum absolute atomic E-state index is 13.6. The van der Waals surface area contributed by atoms with Gasteiger partial charge >= 0.3 is 0 Å². The Morgan fingerprint density at radius 1 is 1.25 bits per heavy atom. The Morgan fingerprint density at radius 3 is 2.57 bits per heavy atom. The molecule has 7 heteroatoms. The van der Waals surface area contributed by atoms with Crippen molar-refractivity contribution in [3.05, 3.63) is 51.6 Å². The lowest BCUT2D eigenvalue weighted by molar-refractivity contribution is -0.124. The van der Waals surface area contributed by atoms with E-state index in [4.69, 9.17) is 11.6 Å². The molecule has 1 fully saturated rings. The highest BCUT2D eigenvalue weighted by molar-refractivity contribution is 6.30. The summed E-state index contributed by atoms with van der Waals surface area (Å²) in [6.45, 7) is 5.97. The van der Waals surface area contributed by atoms with Gasteiger partial charge in [-0.1, -0.05) is 25.4 Å². The quantitative estimate of drug-likeness (QED) is 0.834. The number of halogens is 1. The van der Waals surface area contributed by atoms with Crippen molar-refractivity contribution in [2.45, 2.75) is 44.9 Å². The highest BCUT2D eigenvalue weighted by atomic mass is 35.5. The summed E-state index contributed by atoms with van der Waals surface area (Å²) in [6, 6.07) is 9.21. The number of aryl methyl sites for hydroxylation is 1. The van der Waals surface area contributed by atoms with E-state index in [1.54, 1.807) is 18.2 Å². The van der Waals surface area contributed by atoms with E-state index in [9.17, 15) is 15.3 Å². The van der Waals surface area contributed by atoms with Crippen molar-refractivity contribution in [2.75, 3.05) is 5.32 Å². The first-order valence-corrected chi connectivity index (χ1v) is 9.44. The lowest BCUT2D eigenvalue weighted by atomic mass is 9.67. The van der Waals surface area contributed by atoms with Gasteiger partial charge in [-0.25, -0.2) is 9.97 Å². The van der Waals surface area contributed by atoms with Crippen LogP contribution in [0.4, 0.5) is 5.69 Å². The number of hydrogen-bond acceptors (Lipinski definition) is 5. The Hall–Kier alpha value is -2.96. The van der Waals surface area contributed by atoms with Gasteiger partial charge in [-0.2, -0.15) is 10.5 Å². The standard InChI is InChI=1S/C21H18ClN5O/c1-11-8-12(22)4-5-14(11)27-19(28)21-7-6-13(20(21,2)3)17-18(21)26-16(10-24)15(9-23)25-17/h4-5,8,13H,6-7H2,1-3H3,(H,27,28). The molecule has 2 aromatic rings. The number of benzene rings is 1. The zero-order valence-corrected chi connectivity index (χ0v) is 16.6. The van der Waals surface area contributed by atoms with Crippen molar-refractivity contribution in [3.63, 3.8) is 0 Å². The topological polar surface area (TPSA) is 102 Å². The van der Waals surface area contributed by atoms with E-state index in [0.717, 1.165) is 12.0 Å². The van der Waals surface area contributed by atoms with Crippen molar-refractivity contribution < 1.29 is 4.79 Å².